The number of thioether (sulfide) groups is 1. The third-order valence-corrected chi connectivity index (χ3v) is 21.6. The van der Waals surface area contributed by atoms with E-state index in [2.05, 4.69) is 74.1 Å². The van der Waals surface area contributed by atoms with Gasteiger partial charge in [0.2, 0.25) is 106 Å². The average molecular weight is 1820 g/mol. The van der Waals surface area contributed by atoms with Crippen LogP contribution in [0, 0.1) is 0 Å². The number of nitrogens with two attached hydrogens (primary N) is 7. The zero-order valence-corrected chi connectivity index (χ0v) is 72.0. The number of rotatable bonds is 46. The van der Waals surface area contributed by atoms with Crippen LogP contribution in [-0.2, 0) is 115 Å². The molecule has 18 amide bonds. The van der Waals surface area contributed by atoms with Crippen LogP contribution in [0.5, 0.6) is 5.75 Å². The van der Waals surface area contributed by atoms with Gasteiger partial charge in [-0.25, -0.2) is 0 Å². The first kappa shape index (κ1) is 104. The number of aromatic nitrogens is 1. The number of carboxylic acids is 2. The maximum Gasteiger partial charge on any atom is 0.303 e. The van der Waals surface area contributed by atoms with E-state index < -0.39 is 298 Å². The van der Waals surface area contributed by atoms with Crippen LogP contribution >= 0.6 is 11.8 Å². The van der Waals surface area contributed by atoms with Crippen molar-refractivity contribution in [1.29, 1.82) is 0 Å². The number of carboxylic acid groups (broad SMARTS) is 2. The van der Waals surface area contributed by atoms with Gasteiger partial charge in [-0.15, -0.1) is 0 Å². The molecule has 2 heterocycles. The van der Waals surface area contributed by atoms with Gasteiger partial charge in [0.05, 0.1) is 18.9 Å². The van der Waals surface area contributed by atoms with E-state index in [0.29, 0.717) is 38.7 Å². The largest absolute Gasteiger partial charge is 0.492 e. The lowest BCUT2D eigenvalue weighted by Crippen LogP contribution is -2.64. The van der Waals surface area contributed by atoms with Crippen molar-refractivity contribution in [1.82, 2.24) is 74.1 Å². The molecule has 1 saturated heterocycles. The third kappa shape index (κ3) is 34.4. The lowest BCUT2D eigenvalue weighted by Gasteiger charge is -2.34. The lowest BCUT2D eigenvalue weighted by molar-refractivity contribution is -0.140. The molecule has 700 valence electrons. The van der Waals surface area contributed by atoms with Crippen LogP contribution in [0.25, 0.3) is 21.7 Å². The second-order valence-electron chi connectivity index (χ2n) is 31.0. The predicted molar refractivity (Wildman–Crippen MR) is 464 cm³/mol. The summed E-state index contributed by atoms with van der Waals surface area (Å²) in [6.45, 7) is 3.53. The van der Waals surface area contributed by atoms with E-state index in [9.17, 15) is 82.4 Å². The Morgan fingerprint density at radius 3 is 1.67 bits per heavy atom. The molecule has 0 saturated carbocycles. The number of aliphatic hydroxyl groups is 1. The first-order chi connectivity index (χ1) is 61.1. The second-order valence-corrected chi connectivity index (χ2v) is 32.2. The van der Waals surface area contributed by atoms with Crippen molar-refractivity contribution in [2.75, 3.05) is 31.2 Å². The highest BCUT2D eigenvalue weighted by Gasteiger charge is 2.43. The van der Waals surface area contributed by atoms with Gasteiger partial charge < -0.3 is 134 Å². The number of hydrogen-bond acceptors (Lipinski definition) is 25. The zero-order chi connectivity index (χ0) is 95.4. The molecule has 1 fully saturated rings. The van der Waals surface area contributed by atoms with Gasteiger partial charge in [-0.05, 0) is 123 Å². The number of para-hydroxylation sites is 1. The van der Waals surface area contributed by atoms with Crippen LogP contribution in [0.4, 0.5) is 0 Å². The molecule has 31 N–H and O–H groups in total. The molecule has 5 aromatic rings. The molecule has 46 heteroatoms. The quantitative estimate of drug-likeness (QED) is 0.0161. The molecule has 0 radical (unpaired) electrons. The number of aliphatic carboxylic acids is 2. The number of carbonyl (C=O) groups is 20. The molecule has 0 unspecified atom stereocenters. The number of nitrogens with one attached hydrogen (secondary N) is 14. The number of amides is 18. The Hall–Kier alpha value is -13.9. The highest BCUT2D eigenvalue weighted by atomic mass is 32.2. The molecule has 1 aromatic heterocycles. The van der Waals surface area contributed by atoms with Crippen molar-refractivity contribution >= 4 is 152 Å². The molecule has 129 heavy (non-hydrogen) atoms. The molecule has 6 rings (SSSR count). The molecular weight excluding hydrogens is 1710 g/mol. The Labute approximate surface area is 743 Å². The maximum atomic E-state index is 15.8. The zero-order valence-electron chi connectivity index (χ0n) is 71.2. The van der Waals surface area contributed by atoms with Crippen LogP contribution in [0.2, 0.25) is 0 Å². The minimum atomic E-state index is -2.19. The van der Waals surface area contributed by atoms with Crippen molar-refractivity contribution in [3.8, 4) is 5.75 Å². The van der Waals surface area contributed by atoms with E-state index in [1.165, 1.54) is 37.4 Å². The van der Waals surface area contributed by atoms with Crippen molar-refractivity contribution in [3.63, 3.8) is 0 Å². The number of aromatic amines is 1. The summed E-state index contributed by atoms with van der Waals surface area (Å²) in [6, 6.07) is 2.70. The molecule has 0 aliphatic carbocycles. The van der Waals surface area contributed by atoms with Gasteiger partial charge in [-0.2, -0.15) is 11.8 Å². The monoisotopic (exact) mass is 1820 g/mol. The Kier molecular flexibility index (Phi) is 41.1. The average Bonchev–Trinajstić information content (AvgIpc) is 1.59. The van der Waals surface area contributed by atoms with Crippen LogP contribution in [-0.4, -0.2) is 254 Å². The van der Waals surface area contributed by atoms with Crippen molar-refractivity contribution in [2.45, 2.75) is 214 Å². The van der Waals surface area contributed by atoms with E-state index in [0.717, 1.165) is 31.0 Å². The summed E-state index contributed by atoms with van der Waals surface area (Å²) < 4.78 is 5.72. The second kappa shape index (κ2) is 51.0. The first-order valence-corrected chi connectivity index (χ1v) is 42.4. The molecule has 4 aromatic carbocycles. The van der Waals surface area contributed by atoms with E-state index in [4.69, 9.17) is 44.9 Å². The number of hydrogen-bond donors (Lipinski definition) is 24. The molecule has 45 nitrogen and oxygen atoms in total. The fraction of sp³-hybridized carbons (Fsp3) is 0.470. The van der Waals surface area contributed by atoms with Gasteiger partial charge in [-0.1, -0.05) is 72.8 Å². The summed E-state index contributed by atoms with van der Waals surface area (Å²) in [6.07, 6.45) is -9.22. The summed E-state index contributed by atoms with van der Waals surface area (Å²) in [5, 5.41) is 64.7. The predicted octanol–water partition coefficient (Wildman–Crippen LogP) is -6.46. The number of benzene rings is 4. The smallest absolute Gasteiger partial charge is 0.303 e. The van der Waals surface area contributed by atoms with Gasteiger partial charge in [0, 0.05) is 81.3 Å². The van der Waals surface area contributed by atoms with E-state index in [1.54, 1.807) is 66.7 Å². The van der Waals surface area contributed by atoms with Crippen molar-refractivity contribution < 1.29 is 116 Å². The Morgan fingerprint density at radius 1 is 0.543 bits per heavy atom. The third-order valence-electron chi connectivity index (χ3n) is 20.5. The van der Waals surface area contributed by atoms with Crippen LogP contribution < -0.4 is 114 Å². The van der Waals surface area contributed by atoms with E-state index >= 15 is 28.8 Å². The van der Waals surface area contributed by atoms with E-state index in [1.807, 2.05) is 0 Å². The fourth-order valence-electron chi connectivity index (χ4n) is 13.6. The molecule has 0 spiro atoms. The fourth-order valence-corrected chi connectivity index (χ4v) is 14.7. The number of H-pyrrole nitrogens is 1. The van der Waals surface area contributed by atoms with Gasteiger partial charge >= 0.3 is 11.9 Å². The maximum absolute atomic E-state index is 15.8. The highest BCUT2D eigenvalue weighted by Crippen LogP contribution is 2.24. The summed E-state index contributed by atoms with van der Waals surface area (Å²) in [5.74, 6) is -24.3. The van der Waals surface area contributed by atoms with Crippen LogP contribution in [0.3, 0.4) is 0 Å². The topological polar surface area (TPSA) is 766 Å². The first-order valence-electron chi connectivity index (χ1n) is 41.3. The van der Waals surface area contributed by atoms with Crippen LogP contribution in [0.1, 0.15) is 127 Å². The summed E-state index contributed by atoms with van der Waals surface area (Å²) in [5.41, 5.74) is 38.3. The Balaban J connectivity index is 1.51. The normalized spacial score (nSPS) is 18.6. The number of fused-ring (bicyclic) bond motifs is 2. The lowest BCUT2D eigenvalue weighted by atomic mass is 9.91. The number of unbranched alkanes of at least 4 members (excludes halogenated alkanes) is 1. The minimum Gasteiger partial charge on any atom is -0.492 e. The van der Waals surface area contributed by atoms with E-state index in [-0.39, 0.29) is 44.7 Å². The standard InChI is InChI=1S/C83H113N21O24S/c1-42(105)69-81(126)100-60(37-48-40-91-51-13-7-6-12-50(48)51)77(122)94-53(20-24-63(86)107)72(117)101-62(41-129-33-28-56(74(119)93-54(75(120)103-69)21-25-64(87)108)95-71(116)52(92-43(2)106)22-26-67(111)112)79(124)97-58(35-44-15-18-49(19-16-44)128-32-31-85)76(121)98-59(36-45-14-17-46-10-4-5-11-47(46)34-45)80(125)104-83(3,29-8-9-30-84)82(127)102-55(23-27-68(113)114)73(118)99-61(39-66(89)110)78(123)96-57(70(90)115)38-65(88)109/h4-7,10-19,34,40,42,52-62,69,91,105H,8-9,20-33,35-39,41,84-85H2,1-3H3,(H2,86,107)(H2,87,108)(H2,88,109)(H2,89,110)(H2,90,115)(H,92,106)(H,93,119)(H,94,122)(H,95,116)(H,96,123)(H,97,124)(H,98,121)(H,99,118)(H,100,126)(H,101,117)(H,102,127)(H,103,120)(H,104,125)(H,111,112)(H,113,114)/t42-,52+,53+,54+,55+,56+,57+,58+,59+,60+,61+,62+,69+,83+/m1/s1. The number of primary amides is 5. The Bertz CT molecular complexity index is 4900. The van der Waals surface area contributed by atoms with Gasteiger partial charge in [0.25, 0.3) is 0 Å². The summed E-state index contributed by atoms with van der Waals surface area (Å²) in [4.78, 5) is 280. The van der Waals surface area contributed by atoms with Gasteiger partial charge in [0.15, 0.2) is 0 Å². The molecular formula is C83H113N21O24S. The van der Waals surface area contributed by atoms with Crippen molar-refractivity contribution in [2.24, 2.45) is 40.1 Å². The number of aliphatic hydroxyl groups excluding tert-OH is 1. The number of ether oxygens (including phenoxy) is 1. The van der Waals surface area contributed by atoms with Gasteiger partial charge in [0.1, 0.15) is 90.4 Å². The number of carbonyl (C=O) groups excluding carboxylic acids is 18. The molecule has 14 atom stereocenters. The summed E-state index contributed by atoms with van der Waals surface area (Å²) in [7, 11) is 0. The van der Waals surface area contributed by atoms with Crippen LogP contribution in [0.15, 0.2) is 97.2 Å². The summed E-state index contributed by atoms with van der Waals surface area (Å²) >= 11 is 0.788. The highest BCUT2D eigenvalue weighted by molar-refractivity contribution is 7.99. The van der Waals surface area contributed by atoms with Crippen molar-refractivity contribution in [3.05, 3.63) is 114 Å². The SMILES string of the molecule is CC(=O)N[C@@H](CCC(=O)O)C(=O)N[C@H]1CCSC[C@@H](C(=O)N[C@@H](Cc2ccc(OCCN)cc2)C(=O)N[C@@H](Cc2ccc3ccccc3c2)C(=O)N[C@@](C)(CCCCN)C(=O)N[C@@H](CCC(=O)O)C(=O)N[C@@H](CC(N)=O)C(=O)N[C@@H](CC(N)=O)C(N)=O)NC(=O)[C@H](CCC(N)=O)NC(=O)[C@H](Cc2c[nH]c3ccccc23)NC(=O)[C@H]([C@@H](C)O)NC(=O)[C@H](CCC(N)=O)NC1=O. The molecule has 1 aliphatic heterocycles. The molecule has 0 bridgehead atoms. The molecule has 1 aliphatic rings. The van der Waals surface area contributed by atoms with Gasteiger partial charge in [-0.3, -0.25) is 95.9 Å². The Morgan fingerprint density at radius 2 is 1.08 bits per heavy atom. The minimum absolute atomic E-state index is 0.0348.